The fraction of sp³-hybridized carbons (Fsp3) is 0.154. The molecule has 0 bridgehead atoms. The third-order valence-electron chi connectivity index (χ3n) is 2.64. The summed E-state index contributed by atoms with van der Waals surface area (Å²) in [5.41, 5.74) is 4.25. The minimum absolute atomic E-state index is 0.0396. The zero-order valence-corrected chi connectivity index (χ0v) is 12.1. The molecule has 2 aromatic rings. The van der Waals surface area contributed by atoms with Gasteiger partial charge in [-0.25, -0.2) is 9.97 Å². The van der Waals surface area contributed by atoms with Crippen molar-refractivity contribution in [1.29, 1.82) is 0 Å². The van der Waals surface area contributed by atoms with Crippen LogP contribution in [0.25, 0.3) is 0 Å². The Bertz CT molecular complexity index is 680. The molecule has 1 N–H and O–H groups in total. The molecule has 108 valence electrons. The molecule has 7 nitrogen and oxygen atoms in total. The number of rotatable bonds is 4. The molecule has 1 aromatic heterocycles. The first-order valence-electron chi connectivity index (χ1n) is 6.02. The van der Waals surface area contributed by atoms with E-state index >= 15 is 0 Å². The summed E-state index contributed by atoms with van der Waals surface area (Å²) in [5, 5.41) is 15.1. The number of aromatic nitrogens is 2. The zero-order chi connectivity index (χ0) is 15.4. The number of aryl methyl sites for hydroxylation is 1. The lowest BCUT2D eigenvalue weighted by atomic mass is 10.1. The van der Waals surface area contributed by atoms with Crippen LogP contribution in [-0.4, -0.2) is 20.6 Å². The van der Waals surface area contributed by atoms with Crippen molar-refractivity contribution in [3.8, 4) is 0 Å². The van der Waals surface area contributed by atoms with E-state index in [9.17, 15) is 10.1 Å². The van der Waals surface area contributed by atoms with Crippen LogP contribution in [0.3, 0.4) is 0 Å². The third kappa shape index (κ3) is 3.96. The van der Waals surface area contributed by atoms with Gasteiger partial charge in [-0.3, -0.25) is 15.5 Å². The average molecular weight is 306 g/mol. The first-order valence-corrected chi connectivity index (χ1v) is 6.40. The van der Waals surface area contributed by atoms with Crippen LogP contribution in [0.2, 0.25) is 5.15 Å². The van der Waals surface area contributed by atoms with Crippen LogP contribution < -0.4 is 5.43 Å². The van der Waals surface area contributed by atoms with Gasteiger partial charge in [-0.05, 0) is 31.5 Å². The first kappa shape index (κ1) is 14.9. The first-order chi connectivity index (χ1) is 9.95. The van der Waals surface area contributed by atoms with Crippen molar-refractivity contribution in [2.24, 2.45) is 5.10 Å². The van der Waals surface area contributed by atoms with Gasteiger partial charge < -0.3 is 0 Å². The van der Waals surface area contributed by atoms with Crippen LogP contribution in [0.15, 0.2) is 35.4 Å². The van der Waals surface area contributed by atoms with E-state index in [0.717, 1.165) is 5.56 Å². The normalized spacial score (nSPS) is 11.3. The monoisotopic (exact) mass is 305 g/mol. The van der Waals surface area contributed by atoms with Gasteiger partial charge in [-0.15, -0.1) is 0 Å². The molecule has 0 amide bonds. The number of nitro groups is 1. The van der Waals surface area contributed by atoms with Gasteiger partial charge in [0.2, 0.25) is 0 Å². The summed E-state index contributed by atoms with van der Waals surface area (Å²) in [7, 11) is 0. The molecule has 0 aliphatic rings. The van der Waals surface area contributed by atoms with E-state index in [2.05, 4.69) is 20.5 Å². The van der Waals surface area contributed by atoms with Crippen LogP contribution in [-0.2, 0) is 0 Å². The lowest BCUT2D eigenvalue weighted by Gasteiger charge is -2.04. The van der Waals surface area contributed by atoms with Crippen molar-refractivity contribution in [2.75, 3.05) is 5.43 Å². The summed E-state index contributed by atoms with van der Waals surface area (Å²) in [4.78, 5) is 18.2. The molecule has 0 atom stereocenters. The summed E-state index contributed by atoms with van der Waals surface area (Å²) in [6.45, 7) is 3.51. The van der Waals surface area contributed by atoms with Gasteiger partial charge in [0, 0.05) is 18.2 Å². The largest absolute Gasteiger partial charge is 0.269 e. The summed E-state index contributed by atoms with van der Waals surface area (Å²) in [5.74, 6) is 1.02. The number of nitro benzene ring substituents is 1. The molecule has 21 heavy (non-hydrogen) atoms. The van der Waals surface area contributed by atoms with Crippen LogP contribution in [0.4, 0.5) is 11.5 Å². The molecule has 1 aromatic carbocycles. The second kappa shape index (κ2) is 6.27. The molecular formula is C13H12ClN5O2. The predicted molar refractivity (Wildman–Crippen MR) is 80.7 cm³/mol. The number of hydrogen-bond donors (Lipinski definition) is 1. The molecule has 1 heterocycles. The Morgan fingerprint density at radius 1 is 1.33 bits per heavy atom. The number of nitrogens with zero attached hydrogens (tertiary/aromatic N) is 4. The van der Waals surface area contributed by atoms with Crippen molar-refractivity contribution in [3.05, 3.63) is 57.0 Å². The van der Waals surface area contributed by atoms with Gasteiger partial charge in [0.15, 0.2) is 5.82 Å². The summed E-state index contributed by atoms with van der Waals surface area (Å²) in [6, 6.07) is 7.69. The van der Waals surface area contributed by atoms with Gasteiger partial charge >= 0.3 is 0 Å². The maximum atomic E-state index is 10.6. The minimum Gasteiger partial charge on any atom is -0.261 e. The summed E-state index contributed by atoms with van der Waals surface area (Å²) in [6.07, 6.45) is 0. The van der Waals surface area contributed by atoms with Crippen molar-refractivity contribution in [3.63, 3.8) is 0 Å². The Labute approximate surface area is 125 Å². The van der Waals surface area contributed by atoms with Crippen molar-refractivity contribution in [2.45, 2.75) is 13.8 Å². The number of anilines is 1. The highest BCUT2D eigenvalue weighted by molar-refractivity contribution is 6.29. The van der Waals surface area contributed by atoms with E-state index < -0.39 is 4.92 Å². The van der Waals surface area contributed by atoms with Crippen LogP contribution >= 0.6 is 11.6 Å². The average Bonchev–Trinajstić information content (AvgIpc) is 2.44. The van der Waals surface area contributed by atoms with E-state index in [0.29, 0.717) is 22.5 Å². The van der Waals surface area contributed by atoms with Crippen LogP contribution in [0.5, 0.6) is 0 Å². The highest BCUT2D eigenvalue weighted by atomic mass is 35.5. The highest BCUT2D eigenvalue weighted by Gasteiger charge is 2.05. The minimum atomic E-state index is -0.444. The molecule has 0 saturated heterocycles. The van der Waals surface area contributed by atoms with Crippen molar-refractivity contribution in [1.82, 2.24) is 9.97 Å². The molecule has 0 aliphatic carbocycles. The predicted octanol–water partition coefficient (Wildman–Crippen LogP) is 3.18. The fourth-order valence-electron chi connectivity index (χ4n) is 1.62. The van der Waals surface area contributed by atoms with E-state index in [1.807, 2.05) is 0 Å². The number of hydrogen-bond acceptors (Lipinski definition) is 6. The molecule has 0 unspecified atom stereocenters. The highest BCUT2D eigenvalue weighted by Crippen LogP contribution is 2.14. The Balaban J connectivity index is 2.15. The van der Waals surface area contributed by atoms with Gasteiger partial charge in [-0.1, -0.05) is 11.6 Å². The van der Waals surface area contributed by atoms with E-state index in [4.69, 9.17) is 11.6 Å². The molecular weight excluding hydrogens is 294 g/mol. The number of hydrazone groups is 1. The maximum Gasteiger partial charge on any atom is 0.269 e. The summed E-state index contributed by atoms with van der Waals surface area (Å²) >= 11 is 5.83. The van der Waals surface area contributed by atoms with Crippen LogP contribution in [0.1, 0.15) is 18.3 Å². The van der Waals surface area contributed by atoms with E-state index in [-0.39, 0.29) is 5.69 Å². The second-order valence-electron chi connectivity index (χ2n) is 4.24. The van der Waals surface area contributed by atoms with Crippen molar-refractivity contribution >= 4 is 28.8 Å². The van der Waals surface area contributed by atoms with E-state index in [1.165, 1.54) is 12.1 Å². The van der Waals surface area contributed by atoms with Crippen molar-refractivity contribution < 1.29 is 4.92 Å². The fourth-order valence-corrected chi connectivity index (χ4v) is 1.84. The number of benzene rings is 1. The van der Waals surface area contributed by atoms with Gasteiger partial charge in [0.1, 0.15) is 11.0 Å². The zero-order valence-electron chi connectivity index (χ0n) is 11.4. The SMILES string of the molecule is C/C(=N/Nc1cc(Cl)nc(C)n1)c1ccc([N+](=O)[O-])cc1. The third-order valence-corrected chi connectivity index (χ3v) is 2.83. The Morgan fingerprint density at radius 3 is 2.57 bits per heavy atom. The summed E-state index contributed by atoms with van der Waals surface area (Å²) < 4.78 is 0. The molecule has 0 spiro atoms. The van der Waals surface area contributed by atoms with Gasteiger partial charge in [-0.2, -0.15) is 5.10 Å². The standard InChI is InChI=1S/C13H12ClN5O2/c1-8(10-3-5-11(6-4-10)19(20)21)17-18-13-7-12(14)15-9(2)16-13/h3-7H,1-2H3,(H,15,16,18)/b17-8-. The van der Waals surface area contributed by atoms with Crippen LogP contribution in [0, 0.1) is 17.0 Å². The lowest BCUT2D eigenvalue weighted by Crippen LogP contribution is -2.02. The Hall–Kier alpha value is -2.54. The number of nitrogens with one attached hydrogen (secondary N) is 1. The Kier molecular flexibility index (Phi) is 4.44. The molecule has 8 heteroatoms. The molecule has 0 fully saturated rings. The maximum absolute atomic E-state index is 10.6. The quantitative estimate of drug-likeness (QED) is 0.405. The molecule has 0 aliphatic heterocycles. The smallest absolute Gasteiger partial charge is 0.261 e. The van der Waals surface area contributed by atoms with Gasteiger partial charge in [0.05, 0.1) is 10.6 Å². The Morgan fingerprint density at radius 2 is 2.00 bits per heavy atom. The molecule has 0 radical (unpaired) electrons. The number of halogens is 1. The topological polar surface area (TPSA) is 93.3 Å². The molecule has 0 saturated carbocycles. The number of non-ortho nitro benzene ring substituents is 1. The van der Waals surface area contributed by atoms with E-state index in [1.54, 1.807) is 32.0 Å². The van der Waals surface area contributed by atoms with Gasteiger partial charge in [0.25, 0.3) is 5.69 Å². The molecule has 2 rings (SSSR count). The second-order valence-corrected chi connectivity index (χ2v) is 4.62. The lowest BCUT2D eigenvalue weighted by molar-refractivity contribution is -0.384.